The van der Waals surface area contributed by atoms with Crippen LogP contribution in [0.25, 0.3) is 0 Å². The van der Waals surface area contributed by atoms with E-state index in [2.05, 4.69) is 4.98 Å². The fraction of sp³-hybridized carbons (Fsp3) is 0.190. The third kappa shape index (κ3) is 6.07. The number of para-hydroxylation sites is 2. The van der Waals surface area contributed by atoms with E-state index in [-0.39, 0.29) is 34.6 Å². The van der Waals surface area contributed by atoms with E-state index in [1.54, 1.807) is 0 Å². The lowest BCUT2D eigenvalue weighted by molar-refractivity contribution is -0.385. The maximum atomic E-state index is 13.0. The third-order valence-electron chi connectivity index (χ3n) is 4.27. The Morgan fingerprint density at radius 3 is 2.59 bits per heavy atom. The Bertz CT molecular complexity index is 1210. The van der Waals surface area contributed by atoms with Crippen LogP contribution >= 0.6 is 11.3 Å². The molecule has 1 amide bonds. The van der Waals surface area contributed by atoms with Gasteiger partial charge in [0.05, 0.1) is 21.9 Å². The van der Waals surface area contributed by atoms with Gasteiger partial charge in [-0.2, -0.15) is 13.2 Å². The largest absolute Gasteiger partial charge is 0.475 e. The molecule has 13 heteroatoms. The highest BCUT2D eigenvalue weighted by molar-refractivity contribution is 7.14. The molecule has 0 aliphatic carbocycles. The summed E-state index contributed by atoms with van der Waals surface area (Å²) in [5.41, 5.74) is -0.991. The molecule has 0 aliphatic rings. The lowest BCUT2D eigenvalue weighted by Gasteiger charge is -2.19. The minimum absolute atomic E-state index is 0.0157. The van der Waals surface area contributed by atoms with E-state index in [0.29, 0.717) is 0 Å². The second-order valence-electron chi connectivity index (χ2n) is 6.70. The van der Waals surface area contributed by atoms with Gasteiger partial charge in [0.1, 0.15) is 6.61 Å². The van der Waals surface area contributed by atoms with Crippen molar-refractivity contribution in [1.29, 1.82) is 0 Å². The predicted octanol–water partition coefficient (Wildman–Crippen LogP) is 4.88. The molecule has 0 fully saturated rings. The molecule has 3 aromatic rings. The number of alkyl halides is 3. The van der Waals surface area contributed by atoms with Crippen LogP contribution in [-0.2, 0) is 27.1 Å². The van der Waals surface area contributed by atoms with E-state index >= 15 is 0 Å². The van der Waals surface area contributed by atoms with Crippen LogP contribution in [0.15, 0.2) is 53.9 Å². The lowest BCUT2D eigenvalue weighted by Crippen LogP contribution is -2.23. The zero-order chi connectivity index (χ0) is 24.9. The molecule has 34 heavy (non-hydrogen) atoms. The number of carbonyl (C=O) groups excluding carboxylic acids is 2. The van der Waals surface area contributed by atoms with Gasteiger partial charge >= 0.3 is 17.8 Å². The number of esters is 1. The Kier molecular flexibility index (Phi) is 7.46. The maximum absolute atomic E-state index is 13.0. The van der Waals surface area contributed by atoms with Crippen molar-refractivity contribution in [2.45, 2.75) is 19.7 Å². The van der Waals surface area contributed by atoms with Gasteiger partial charge in [-0.3, -0.25) is 19.8 Å². The molecule has 178 valence electrons. The summed E-state index contributed by atoms with van der Waals surface area (Å²) in [7, 11) is 0. The Labute approximate surface area is 194 Å². The van der Waals surface area contributed by atoms with Gasteiger partial charge in [-0.15, -0.1) is 11.3 Å². The van der Waals surface area contributed by atoms with Crippen LogP contribution in [-0.4, -0.2) is 28.4 Å². The van der Waals surface area contributed by atoms with E-state index in [4.69, 9.17) is 9.47 Å². The molecule has 9 nitrogen and oxygen atoms in total. The number of amides is 1. The van der Waals surface area contributed by atoms with E-state index in [9.17, 15) is 32.9 Å². The highest BCUT2D eigenvalue weighted by Crippen LogP contribution is 2.35. The Balaban J connectivity index is 1.65. The second-order valence-corrected chi connectivity index (χ2v) is 7.53. The number of hydrogen-bond donors (Lipinski definition) is 0. The van der Waals surface area contributed by atoms with Gasteiger partial charge in [0.15, 0.2) is 17.5 Å². The molecular weight excluding hydrogens is 479 g/mol. The van der Waals surface area contributed by atoms with Crippen LogP contribution in [0, 0.1) is 10.1 Å². The van der Waals surface area contributed by atoms with Crippen molar-refractivity contribution >= 4 is 39.7 Å². The summed E-state index contributed by atoms with van der Waals surface area (Å²) >= 11 is 0.976. The van der Waals surface area contributed by atoms with Crippen molar-refractivity contribution in [1.82, 2.24) is 4.98 Å². The first-order valence-electron chi connectivity index (χ1n) is 9.50. The molecule has 0 saturated carbocycles. The van der Waals surface area contributed by atoms with Gasteiger partial charge in [0, 0.05) is 18.4 Å². The van der Waals surface area contributed by atoms with Gasteiger partial charge in [0.25, 0.3) is 0 Å². The molecule has 0 N–H and O–H groups in total. The number of benzene rings is 2. The summed E-state index contributed by atoms with van der Waals surface area (Å²) < 4.78 is 49.3. The van der Waals surface area contributed by atoms with Crippen molar-refractivity contribution in [2.75, 3.05) is 11.5 Å². The quantitative estimate of drug-likeness (QED) is 0.249. The zero-order valence-electron chi connectivity index (χ0n) is 17.4. The van der Waals surface area contributed by atoms with E-state index in [0.717, 1.165) is 28.4 Å². The number of anilines is 2. The Morgan fingerprint density at radius 1 is 1.18 bits per heavy atom. The van der Waals surface area contributed by atoms with Crippen LogP contribution < -0.4 is 9.64 Å². The smallest absolute Gasteiger partial charge is 0.416 e. The lowest BCUT2D eigenvalue weighted by atomic mass is 10.2. The molecule has 0 spiro atoms. The number of ether oxygens (including phenoxy) is 2. The molecule has 0 atom stereocenters. The Hall–Kier alpha value is -4.00. The van der Waals surface area contributed by atoms with Gasteiger partial charge in [-0.05, 0) is 24.3 Å². The van der Waals surface area contributed by atoms with E-state index < -0.39 is 35.1 Å². The zero-order valence-corrected chi connectivity index (χ0v) is 18.3. The van der Waals surface area contributed by atoms with Crippen molar-refractivity contribution < 1.29 is 37.2 Å². The average molecular weight is 495 g/mol. The van der Waals surface area contributed by atoms with Crippen molar-refractivity contribution in [3.63, 3.8) is 0 Å². The van der Waals surface area contributed by atoms with Crippen molar-refractivity contribution in [3.8, 4) is 5.75 Å². The summed E-state index contributed by atoms with van der Waals surface area (Å²) in [6, 6.07) is 9.77. The summed E-state index contributed by atoms with van der Waals surface area (Å²) in [4.78, 5) is 39.6. The number of halogens is 3. The fourth-order valence-electron chi connectivity index (χ4n) is 2.78. The number of carbonyl (C=O) groups is 2. The molecule has 0 unspecified atom stereocenters. The standard InChI is InChI=1S/C21H16F3N3O6S/c1-13(28)26(16-6-4-5-14(9-16)21(22,23)24)20-25-15(12-34-20)10-33-19(29)11-32-18-8-3-2-7-17(18)27(30)31/h2-9,12H,10-11H2,1H3. The molecule has 2 aromatic carbocycles. The summed E-state index contributed by atoms with van der Waals surface area (Å²) in [5, 5.41) is 12.5. The highest BCUT2D eigenvalue weighted by atomic mass is 32.1. The minimum atomic E-state index is -4.58. The minimum Gasteiger partial charge on any atom is -0.475 e. The summed E-state index contributed by atoms with van der Waals surface area (Å²) in [6.45, 7) is 0.289. The van der Waals surface area contributed by atoms with Crippen LogP contribution in [0.1, 0.15) is 18.2 Å². The number of aromatic nitrogens is 1. The first kappa shape index (κ1) is 24.6. The number of nitro benzene ring substituents is 1. The van der Waals surface area contributed by atoms with Crippen LogP contribution in [0.3, 0.4) is 0 Å². The van der Waals surface area contributed by atoms with Gasteiger partial charge < -0.3 is 9.47 Å². The number of nitro groups is 1. The normalized spacial score (nSPS) is 11.1. The maximum Gasteiger partial charge on any atom is 0.416 e. The molecule has 0 saturated heterocycles. The monoisotopic (exact) mass is 495 g/mol. The molecular formula is C21H16F3N3O6S. The number of hydrogen-bond acceptors (Lipinski definition) is 8. The van der Waals surface area contributed by atoms with Crippen LogP contribution in [0.2, 0.25) is 0 Å². The topological polar surface area (TPSA) is 112 Å². The number of thiazole rings is 1. The second kappa shape index (κ2) is 10.3. The molecule has 1 heterocycles. The van der Waals surface area contributed by atoms with Crippen molar-refractivity contribution in [2.24, 2.45) is 0 Å². The van der Waals surface area contributed by atoms with E-state index in [1.165, 1.54) is 48.7 Å². The fourth-order valence-corrected chi connectivity index (χ4v) is 3.65. The predicted molar refractivity (Wildman–Crippen MR) is 115 cm³/mol. The first-order valence-corrected chi connectivity index (χ1v) is 10.4. The number of rotatable bonds is 8. The third-order valence-corrected chi connectivity index (χ3v) is 5.14. The highest BCUT2D eigenvalue weighted by Gasteiger charge is 2.31. The van der Waals surface area contributed by atoms with Crippen LogP contribution in [0.4, 0.5) is 29.7 Å². The molecule has 0 aliphatic heterocycles. The molecule has 1 aromatic heterocycles. The average Bonchev–Trinajstić information content (AvgIpc) is 3.24. The Morgan fingerprint density at radius 2 is 1.91 bits per heavy atom. The van der Waals surface area contributed by atoms with Crippen molar-refractivity contribution in [3.05, 3.63) is 75.3 Å². The first-order chi connectivity index (χ1) is 16.1. The molecule has 0 radical (unpaired) electrons. The van der Waals surface area contributed by atoms with Crippen LogP contribution in [0.5, 0.6) is 5.75 Å². The summed E-state index contributed by atoms with van der Waals surface area (Å²) in [5.74, 6) is -1.48. The van der Waals surface area contributed by atoms with Gasteiger partial charge in [-0.25, -0.2) is 9.78 Å². The SMILES string of the molecule is CC(=O)N(c1cccc(C(F)(F)F)c1)c1nc(COC(=O)COc2ccccc2[N+](=O)[O-])cs1. The summed E-state index contributed by atoms with van der Waals surface area (Å²) in [6.07, 6.45) is -4.58. The van der Waals surface area contributed by atoms with Gasteiger partial charge in [-0.1, -0.05) is 18.2 Å². The molecule has 3 rings (SSSR count). The number of nitrogens with zero attached hydrogens (tertiary/aromatic N) is 3. The van der Waals surface area contributed by atoms with Gasteiger partial charge in [0.2, 0.25) is 5.91 Å². The molecule has 0 bridgehead atoms. The van der Waals surface area contributed by atoms with E-state index in [1.807, 2.05) is 0 Å².